The van der Waals surface area contributed by atoms with Crippen molar-refractivity contribution in [2.24, 2.45) is 0 Å². The summed E-state index contributed by atoms with van der Waals surface area (Å²) in [6.45, 7) is 2.41. The molecule has 29 heavy (non-hydrogen) atoms. The Morgan fingerprint density at radius 1 is 1.07 bits per heavy atom. The number of benzene rings is 2. The minimum absolute atomic E-state index is 0.184. The average Bonchev–Trinajstić information content (AvgIpc) is 2.98. The Labute approximate surface area is 181 Å². The van der Waals surface area contributed by atoms with Crippen molar-refractivity contribution < 1.29 is 23.8 Å². The van der Waals surface area contributed by atoms with Crippen LogP contribution in [0.5, 0.6) is 17.2 Å². The molecule has 3 rings (SSSR count). The lowest BCUT2D eigenvalue weighted by Crippen LogP contribution is -2.32. The van der Waals surface area contributed by atoms with E-state index >= 15 is 0 Å². The molecule has 2 aromatic rings. The van der Waals surface area contributed by atoms with E-state index in [0.717, 1.165) is 21.8 Å². The van der Waals surface area contributed by atoms with Crippen molar-refractivity contribution in [3.05, 3.63) is 56.9 Å². The summed E-state index contributed by atoms with van der Waals surface area (Å²) in [6, 6.07) is 11.1. The van der Waals surface area contributed by atoms with Crippen LogP contribution in [0.4, 0.5) is 4.79 Å². The smallest absolute Gasteiger partial charge is 0.293 e. The fourth-order valence-corrected chi connectivity index (χ4v) is 4.00. The molecule has 1 saturated heterocycles. The van der Waals surface area contributed by atoms with E-state index in [0.29, 0.717) is 27.7 Å². The zero-order valence-electron chi connectivity index (χ0n) is 16.2. The largest absolute Gasteiger partial charge is 0.493 e. The first kappa shape index (κ1) is 21.3. The maximum Gasteiger partial charge on any atom is 0.293 e. The zero-order valence-corrected chi connectivity index (χ0v) is 18.6. The van der Waals surface area contributed by atoms with Gasteiger partial charge in [0.05, 0.1) is 25.7 Å². The van der Waals surface area contributed by atoms with Crippen LogP contribution in [0.25, 0.3) is 6.08 Å². The van der Waals surface area contributed by atoms with Gasteiger partial charge in [0.2, 0.25) is 0 Å². The second-order valence-electron chi connectivity index (χ2n) is 6.22. The number of halogens is 1. The molecule has 0 radical (unpaired) electrons. The SMILES string of the molecule is COc1cc(Br)c(/C=C2\SC(=O)N(CCOc3ccc(C)cc3)C2=O)cc1OC. The van der Waals surface area contributed by atoms with Gasteiger partial charge in [-0.25, -0.2) is 0 Å². The summed E-state index contributed by atoms with van der Waals surface area (Å²) in [6.07, 6.45) is 1.66. The van der Waals surface area contributed by atoms with Gasteiger partial charge in [-0.1, -0.05) is 33.6 Å². The number of ether oxygens (including phenoxy) is 3. The first-order valence-corrected chi connectivity index (χ1v) is 10.4. The van der Waals surface area contributed by atoms with Crippen LogP contribution in [0.2, 0.25) is 0 Å². The number of aryl methyl sites for hydroxylation is 1. The lowest BCUT2D eigenvalue weighted by atomic mass is 10.2. The van der Waals surface area contributed by atoms with Crippen LogP contribution >= 0.6 is 27.7 Å². The van der Waals surface area contributed by atoms with Crippen molar-refractivity contribution in [3.63, 3.8) is 0 Å². The summed E-state index contributed by atoms with van der Waals surface area (Å²) in [4.78, 5) is 26.5. The molecule has 8 heteroatoms. The molecule has 0 unspecified atom stereocenters. The Morgan fingerprint density at radius 2 is 1.72 bits per heavy atom. The maximum absolute atomic E-state index is 12.7. The van der Waals surface area contributed by atoms with Crippen molar-refractivity contribution in [3.8, 4) is 17.2 Å². The third-order valence-electron chi connectivity index (χ3n) is 4.27. The van der Waals surface area contributed by atoms with Crippen LogP contribution in [0.3, 0.4) is 0 Å². The predicted molar refractivity (Wildman–Crippen MR) is 117 cm³/mol. The second kappa shape index (κ2) is 9.37. The van der Waals surface area contributed by atoms with Crippen LogP contribution in [0.1, 0.15) is 11.1 Å². The number of carbonyl (C=O) groups is 2. The fourth-order valence-electron chi connectivity index (χ4n) is 2.70. The minimum Gasteiger partial charge on any atom is -0.493 e. The zero-order chi connectivity index (χ0) is 21.0. The van der Waals surface area contributed by atoms with Crippen LogP contribution in [0, 0.1) is 6.92 Å². The first-order valence-electron chi connectivity index (χ1n) is 8.79. The maximum atomic E-state index is 12.7. The number of rotatable bonds is 7. The van der Waals surface area contributed by atoms with Gasteiger partial charge in [0, 0.05) is 4.47 Å². The Bertz CT molecular complexity index is 958. The Kier molecular flexibility index (Phi) is 6.87. The van der Waals surface area contributed by atoms with Crippen molar-refractivity contribution >= 4 is 44.9 Å². The average molecular weight is 478 g/mol. The van der Waals surface area contributed by atoms with Gasteiger partial charge in [0.15, 0.2) is 11.5 Å². The normalized spacial score (nSPS) is 15.2. The van der Waals surface area contributed by atoms with Gasteiger partial charge in [-0.05, 0) is 54.6 Å². The van der Waals surface area contributed by atoms with Crippen LogP contribution in [0.15, 0.2) is 45.8 Å². The van der Waals surface area contributed by atoms with Gasteiger partial charge in [-0.15, -0.1) is 0 Å². The number of thioether (sulfide) groups is 1. The number of carbonyl (C=O) groups excluding carboxylic acids is 2. The quantitative estimate of drug-likeness (QED) is 0.528. The van der Waals surface area contributed by atoms with Gasteiger partial charge in [0.1, 0.15) is 12.4 Å². The molecule has 1 fully saturated rings. The molecule has 152 valence electrons. The summed E-state index contributed by atoms with van der Waals surface area (Å²) in [5, 5.41) is -0.314. The summed E-state index contributed by atoms with van der Waals surface area (Å²) in [5.74, 6) is 1.46. The molecule has 0 bridgehead atoms. The second-order valence-corrected chi connectivity index (χ2v) is 8.07. The van der Waals surface area contributed by atoms with Crippen molar-refractivity contribution in [2.75, 3.05) is 27.4 Å². The van der Waals surface area contributed by atoms with E-state index in [4.69, 9.17) is 14.2 Å². The highest BCUT2D eigenvalue weighted by molar-refractivity contribution is 9.10. The number of methoxy groups -OCH3 is 2. The number of hydrogen-bond donors (Lipinski definition) is 0. The van der Waals surface area contributed by atoms with E-state index in [1.807, 2.05) is 31.2 Å². The highest BCUT2D eigenvalue weighted by Crippen LogP contribution is 2.37. The van der Waals surface area contributed by atoms with Gasteiger partial charge in [0.25, 0.3) is 11.1 Å². The number of hydrogen-bond acceptors (Lipinski definition) is 6. The van der Waals surface area contributed by atoms with E-state index in [9.17, 15) is 9.59 Å². The molecule has 6 nitrogen and oxygen atoms in total. The van der Waals surface area contributed by atoms with E-state index in [1.54, 1.807) is 25.3 Å². The number of amides is 2. The summed E-state index contributed by atoms with van der Waals surface area (Å²) >= 11 is 4.37. The highest BCUT2D eigenvalue weighted by atomic mass is 79.9. The minimum atomic E-state index is -0.339. The van der Waals surface area contributed by atoms with E-state index < -0.39 is 0 Å². The number of imide groups is 1. The molecule has 1 aliphatic heterocycles. The van der Waals surface area contributed by atoms with Crippen LogP contribution in [-0.4, -0.2) is 43.4 Å². The topological polar surface area (TPSA) is 65.1 Å². The molecule has 0 N–H and O–H groups in total. The molecule has 0 aromatic heterocycles. The molecular formula is C21H20BrNO5S. The fraction of sp³-hybridized carbons (Fsp3) is 0.238. The molecule has 0 saturated carbocycles. The lowest BCUT2D eigenvalue weighted by molar-refractivity contribution is -0.123. The molecule has 1 heterocycles. The Balaban J connectivity index is 1.70. The molecule has 0 spiro atoms. The standard InChI is InChI=1S/C21H20BrNO5S/c1-13-4-6-15(7-5-13)28-9-8-23-20(24)19(29-21(23)25)11-14-10-17(26-2)18(27-3)12-16(14)22/h4-7,10-12H,8-9H2,1-3H3/b19-11-. The molecule has 2 aromatic carbocycles. The van der Waals surface area contributed by atoms with Gasteiger partial charge >= 0.3 is 0 Å². The summed E-state index contributed by atoms with van der Waals surface area (Å²) < 4.78 is 16.9. The first-order chi connectivity index (χ1) is 13.9. The Hall–Kier alpha value is -2.45. The van der Waals surface area contributed by atoms with E-state index in [-0.39, 0.29) is 24.3 Å². The van der Waals surface area contributed by atoms with Gasteiger partial charge in [-0.2, -0.15) is 0 Å². The van der Waals surface area contributed by atoms with Crippen LogP contribution in [-0.2, 0) is 4.79 Å². The number of nitrogens with zero attached hydrogens (tertiary/aromatic N) is 1. The van der Waals surface area contributed by atoms with E-state index in [2.05, 4.69) is 15.9 Å². The van der Waals surface area contributed by atoms with Crippen molar-refractivity contribution in [1.29, 1.82) is 0 Å². The third-order valence-corrected chi connectivity index (χ3v) is 5.86. The van der Waals surface area contributed by atoms with E-state index in [1.165, 1.54) is 12.0 Å². The molecule has 1 aliphatic rings. The predicted octanol–water partition coefficient (Wildman–Crippen LogP) is 4.89. The summed E-state index contributed by atoms with van der Waals surface area (Å²) in [7, 11) is 3.09. The molecule has 2 amide bonds. The third kappa shape index (κ3) is 4.94. The molecule has 0 atom stereocenters. The monoisotopic (exact) mass is 477 g/mol. The Morgan fingerprint density at radius 3 is 2.38 bits per heavy atom. The molecule has 0 aliphatic carbocycles. The van der Waals surface area contributed by atoms with Crippen LogP contribution < -0.4 is 14.2 Å². The van der Waals surface area contributed by atoms with Gasteiger partial charge < -0.3 is 14.2 Å². The summed E-state index contributed by atoms with van der Waals surface area (Å²) in [5.41, 5.74) is 1.85. The van der Waals surface area contributed by atoms with Crippen molar-refractivity contribution in [1.82, 2.24) is 4.90 Å². The highest BCUT2D eigenvalue weighted by Gasteiger charge is 2.35. The lowest BCUT2D eigenvalue weighted by Gasteiger charge is -2.13. The van der Waals surface area contributed by atoms with Gasteiger partial charge in [-0.3, -0.25) is 14.5 Å². The molecular weight excluding hydrogens is 458 g/mol. The van der Waals surface area contributed by atoms with Crippen molar-refractivity contribution in [2.45, 2.75) is 6.92 Å².